The van der Waals surface area contributed by atoms with Crippen molar-refractivity contribution in [2.75, 3.05) is 31.5 Å². The number of hydrogen-bond acceptors (Lipinski definition) is 7. The van der Waals surface area contributed by atoms with E-state index in [-0.39, 0.29) is 6.03 Å². The van der Waals surface area contributed by atoms with Crippen molar-refractivity contribution in [3.63, 3.8) is 0 Å². The molecule has 0 spiro atoms. The van der Waals surface area contributed by atoms with Crippen LogP contribution >= 0.6 is 11.3 Å². The third-order valence-electron chi connectivity index (χ3n) is 4.43. The van der Waals surface area contributed by atoms with Crippen LogP contribution in [0.1, 0.15) is 10.7 Å². The quantitative estimate of drug-likeness (QED) is 0.744. The molecule has 140 valence electrons. The first kappa shape index (κ1) is 17.6. The number of carbonyl (C=O) groups is 1. The number of nitrogens with zero attached hydrogens (tertiary/aromatic N) is 5. The lowest BCUT2D eigenvalue weighted by Gasteiger charge is -2.34. The van der Waals surface area contributed by atoms with Gasteiger partial charge in [0.2, 0.25) is 12.3 Å². The Bertz CT molecular complexity index is 902. The molecule has 0 aliphatic carbocycles. The molecule has 3 aromatic rings. The highest BCUT2D eigenvalue weighted by atomic mass is 32.1. The van der Waals surface area contributed by atoms with Gasteiger partial charge in [0.25, 0.3) is 0 Å². The van der Waals surface area contributed by atoms with E-state index in [9.17, 15) is 4.79 Å². The van der Waals surface area contributed by atoms with Crippen molar-refractivity contribution in [1.82, 2.24) is 25.0 Å². The molecular weight excluding hydrogens is 364 g/mol. The lowest BCUT2D eigenvalue weighted by molar-refractivity contribution is 0.142. The highest BCUT2D eigenvalue weighted by Gasteiger charge is 2.21. The van der Waals surface area contributed by atoms with Crippen molar-refractivity contribution in [2.24, 2.45) is 0 Å². The molecule has 3 heterocycles. The van der Waals surface area contributed by atoms with Crippen molar-refractivity contribution in [1.29, 1.82) is 0 Å². The maximum absolute atomic E-state index is 12.6. The van der Waals surface area contributed by atoms with Crippen LogP contribution in [-0.4, -0.2) is 57.2 Å². The van der Waals surface area contributed by atoms with Crippen molar-refractivity contribution >= 4 is 23.1 Å². The van der Waals surface area contributed by atoms with E-state index in [2.05, 4.69) is 30.8 Å². The summed E-state index contributed by atoms with van der Waals surface area (Å²) >= 11 is 1.67. The van der Waals surface area contributed by atoms with E-state index in [1.165, 1.54) is 6.39 Å². The Hall–Kier alpha value is -2.78. The highest BCUT2D eigenvalue weighted by Crippen LogP contribution is 2.21. The summed E-state index contributed by atoms with van der Waals surface area (Å²) in [5.41, 5.74) is 2.58. The van der Waals surface area contributed by atoms with Crippen LogP contribution in [0.3, 0.4) is 0 Å². The van der Waals surface area contributed by atoms with Gasteiger partial charge in [-0.1, -0.05) is 6.07 Å². The molecule has 1 aliphatic heterocycles. The largest absolute Gasteiger partial charge is 0.423 e. The Morgan fingerprint density at radius 2 is 2.15 bits per heavy atom. The summed E-state index contributed by atoms with van der Waals surface area (Å²) in [4.78, 5) is 21.2. The number of rotatable bonds is 4. The van der Waals surface area contributed by atoms with Crippen LogP contribution in [0, 0.1) is 6.92 Å². The van der Waals surface area contributed by atoms with Gasteiger partial charge in [-0.2, -0.15) is 0 Å². The van der Waals surface area contributed by atoms with Crippen molar-refractivity contribution in [3.05, 3.63) is 46.7 Å². The van der Waals surface area contributed by atoms with Crippen molar-refractivity contribution in [2.45, 2.75) is 13.5 Å². The lowest BCUT2D eigenvalue weighted by atomic mass is 10.2. The summed E-state index contributed by atoms with van der Waals surface area (Å²) in [5.74, 6) is 0.428. The van der Waals surface area contributed by atoms with Gasteiger partial charge in [-0.25, -0.2) is 9.78 Å². The Morgan fingerprint density at radius 3 is 2.85 bits per heavy atom. The summed E-state index contributed by atoms with van der Waals surface area (Å²) in [5, 5.41) is 13.7. The number of thiazole rings is 1. The predicted octanol–water partition coefficient (Wildman–Crippen LogP) is 2.85. The fraction of sp³-hybridized carbons (Fsp3) is 0.333. The monoisotopic (exact) mass is 384 g/mol. The second kappa shape index (κ2) is 7.85. The van der Waals surface area contributed by atoms with Gasteiger partial charge < -0.3 is 14.6 Å². The van der Waals surface area contributed by atoms with E-state index in [1.807, 2.05) is 36.1 Å². The SMILES string of the molecule is Cc1nc(CN2CCN(C(=O)Nc3cccc(-c4nnco4)c3)CC2)cs1. The molecule has 1 aromatic carbocycles. The van der Waals surface area contributed by atoms with E-state index in [0.717, 1.165) is 35.9 Å². The average Bonchev–Trinajstić information content (AvgIpc) is 3.35. The number of urea groups is 1. The number of hydrogen-bond donors (Lipinski definition) is 1. The third kappa shape index (κ3) is 4.32. The fourth-order valence-electron chi connectivity index (χ4n) is 3.05. The number of nitrogens with one attached hydrogen (secondary N) is 1. The Labute approximate surface area is 160 Å². The smallest absolute Gasteiger partial charge is 0.321 e. The predicted molar refractivity (Wildman–Crippen MR) is 102 cm³/mol. The molecule has 9 heteroatoms. The van der Waals surface area contributed by atoms with Gasteiger partial charge in [0.15, 0.2) is 0 Å². The molecule has 1 N–H and O–H groups in total. The zero-order valence-electron chi connectivity index (χ0n) is 15.0. The van der Waals surface area contributed by atoms with Gasteiger partial charge in [-0.3, -0.25) is 4.90 Å². The highest BCUT2D eigenvalue weighted by molar-refractivity contribution is 7.09. The second-order valence-corrected chi connectivity index (χ2v) is 7.44. The maximum atomic E-state index is 12.6. The van der Waals surface area contributed by atoms with Crippen LogP contribution in [0.15, 0.2) is 40.5 Å². The molecule has 2 aromatic heterocycles. The van der Waals surface area contributed by atoms with E-state index >= 15 is 0 Å². The zero-order chi connectivity index (χ0) is 18.6. The van der Waals surface area contributed by atoms with Crippen LogP contribution in [0.5, 0.6) is 0 Å². The van der Waals surface area contributed by atoms with Crippen LogP contribution in [0.2, 0.25) is 0 Å². The van der Waals surface area contributed by atoms with Gasteiger partial charge in [0.1, 0.15) is 0 Å². The normalized spacial score (nSPS) is 15.1. The van der Waals surface area contributed by atoms with Crippen LogP contribution in [0.4, 0.5) is 10.5 Å². The standard InChI is InChI=1S/C18H20N6O2S/c1-13-20-16(11-27-13)10-23-5-7-24(8-6-23)18(25)21-15-4-2-3-14(9-15)17-22-19-12-26-17/h2-4,9,11-12H,5-8,10H2,1H3,(H,21,25). The Kier molecular flexibility index (Phi) is 5.12. The summed E-state index contributed by atoms with van der Waals surface area (Å²) in [6.07, 6.45) is 1.28. The molecule has 4 rings (SSSR count). The van der Waals surface area contributed by atoms with Gasteiger partial charge >= 0.3 is 6.03 Å². The van der Waals surface area contributed by atoms with Gasteiger partial charge in [-0.05, 0) is 25.1 Å². The zero-order valence-corrected chi connectivity index (χ0v) is 15.8. The summed E-state index contributed by atoms with van der Waals surface area (Å²) < 4.78 is 5.20. The summed E-state index contributed by atoms with van der Waals surface area (Å²) in [7, 11) is 0. The minimum atomic E-state index is -0.0955. The number of amides is 2. The molecule has 2 amide bonds. The van der Waals surface area contributed by atoms with Gasteiger partial charge in [-0.15, -0.1) is 21.5 Å². The first-order valence-electron chi connectivity index (χ1n) is 8.73. The fourth-order valence-corrected chi connectivity index (χ4v) is 3.65. The average molecular weight is 384 g/mol. The number of benzene rings is 1. The summed E-state index contributed by atoms with van der Waals surface area (Å²) in [6, 6.07) is 7.29. The number of piperazine rings is 1. The van der Waals surface area contributed by atoms with E-state index in [1.54, 1.807) is 11.3 Å². The van der Waals surface area contributed by atoms with E-state index < -0.39 is 0 Å². The molecule has 0 unspecified atom stereocenters. The Morgan fingerprint density at radius 1 is 1.30 bits per heavy atom. The van der Waals surface area contributed by atoms with Gasteiger partial charge in [0, 0.05) is 49.4 Å². The molecule has 8 nitrogen and oxygen atoms in total. The first-order chi connectivity index (χ1) is 13.2. The molecule has 0 radical (unpaired) electrons. The van der Waals surface area contributed by atoms with Gasteiger partial charge in [0.05, 0.1) is 10.7 Å². The minimum absolute atomic E-state index is 0.0955. The molecule has 0 saturated carbocycles. The number of aryl methyl sites for hydroxylation is 1. The second-order valence-electron chi connectivity index (χ2n) is 6.38. The van der Waals surface area contributed by atoms with Crippen LogP contribution < -0.4 is 5.32 Å². The van der Waals surface area contributed by atoms with E-state index in [4.69, 9.17) is 4.42 Å². The van der Waals surface area contributed by atoms with Crippen molar-refractivity contribution < 1.29 is 9.21 Å². The first-order valence-corrected chi connectivity index (χ1v) is 9.61. The van der Waals surface area contributed by atoms with Crippen LogP contribution in [0.25, 0.3) is 11.5 Å². The molecular formula is C18H20N6O2S. The number of anilines is 1. The summed E-state index contributed by atoms with van der Waals surface area (Å²) in [6.45, 7) is 5.92. The molecule has 1 aliphatic rings. The number of aromatic nitrogens is 3. The van der Waals surface area contributed by atoms with Crippen LogP contribution in [-0.2, 0) is 6.54 Å². The third-order valence-corrected chi connectivity index (χ3v) is 5.25. The number of carbonyl (C=O) groups excluding carboxylic acids is 1. The topological polar surface area (TPSA) is 87.4 Å². The van der Waals surface area contributed by atoms with Crippen molar-refractivity contribution in [3.8, 4) is 11.5 Å². The maximum Gasteiger partial charge on any atom is 0.321 e. The minimum Gasteiger partial charge on any atom is -0.423 e. The molecule has 1 saturated heterocycles. The lowest BCUT2D eigenvalue weighted by Crippen LogP contribution is -2.49. The molecule has 27 heavy (non-hydrogen) atoms. The molecule has 0 atom stereocenters. The molecule has 1 fully saturated rings. The van der Waals surface area contributed by atoms with E-state index in [0.29, 0.717) is 24.7 Å². The Balaban J connectivity index is 1.31. The molecule has 0 bridgehead atoms.